The van der Waals surface area contributed by atoms with Crippen molar-refractivity contribution in [1.29, 1.82) is 0 Å². The highest BCUT2D eigenvalue weighted by Gasteiger charge is 2.14. The number of methoxy groups -OCH3 is 1. The first-order valence-corrected chi connectivity index (χ1v) is 11.1. The second-order valence-electron chi connectivity index (χ2n) is 8.04. The second kappa shape index (κ2) is 9.72. The van der Waals surface area contributed by atoms with Crippen molar-refractivity contribution in [3.63, 3.8) is 0 Å². The Kier molecular flexibility index (Phi) is 6.18. The van der Waals surface area contributed by atoms with Crippen LogP contribution in [0.5, 0.6) is 0 Å². The van der Waals surface area contributed by atoms with Crippen LogP contribution in [0, 0.1) is 0 Å². The Morgan fingerprint density at radius 1 is 0.941 bits per heavy atom. The number of rotatable bonds is 8. The van der Waals surface area contributed by atoms with E-state index in [4.69, 9.17) is 4.74 Å². The van der Waals surface area contributed by atoms with Crippen molar-refractivity contribution < 1.29 is 9.53 Å². The van der Waals surface area contributed by atoms with Crippen LogP contribution >= 0.6 is 0 Å². The van der Waals surface area contributed by atoms with Gasteiger partial charge in [-0.05, 0) is 29.3 Å². The summed E-state index contributed by atoms with van der Waals surface area (Å²) in [5.41, 5.74) is 6.75. The van der Waals surface area contributed by atoms with Crippen LogP contribution in [0.4, 0.5) is 5.69 Å². The molecule has 1 amide bonds. The van der Waals surface area contributed by atoms with Gasteiger partial charge < -0.3 is 14.5 Å². The van der Waals surface area contributed by atoms with Crippen LogP contribution in [0.2, 0.25) is 0 Å². The predicted molar refractivity (Wildman–Crippen MR) is 133 cm³/mol. The number of benzene rings is 2. The largest absolute Gasteiger partial charge is 0.383 e. The number of fused-ring (bicyclic) bond motifs is 1. The molecule has 7 heteroatoms. The number of hydrogen-bond donors (Lipinski definition) is 1. The smallest absolute Gasteiger partial charge is 0.230 e. The minimum atomic E-state index is -0.0847. The summed E-state index contributed by atoms with van der Waals surface area (Å²) < 4.78 is 8.94. The monoisotopic (exact) mass is 451 g/mol. The second-order valence-corrected chi connectivity index (χ2v) is 8.04. The van der Waals surface area contributed by atoms with Gasteiger partial charge in [0.05, 0.1) is 43.8 Å². The normalized spacial score (nSPS) is 11.1. The molecule has 0 aliphatic heterocycles. The van der Waals surface area contributed by atoms with E-state index in [0.29, 0.717) is 13.2 Å². The van der Waals surface area contributed by atoms with Crippen LogP contribution in [0.1, 0.15) is 5.69 Å². The average molecular weight is 452 g/mol. The summed E-state index contributed by atoms with van der Waals surface area (Å²) >= 11 is 0. The van der Waals surface area contributed by atoms with Gasteiger partial charge in [-0.2, -0.15) is 5.10 Å². The molecule has 2 aromatic carbocycles. The fraction of sp³-hybridized carbons (Fsp3) is 0.148. The fourth-order valence-electron chi connectivity index (χ4n) is 4.03. The van der Waals surface area contributed by atoms with Gasteiger partial charge in [-0.25, -0.2) is 4.98 Å². The first-order chi connectivity index (χ1) is 16.7. The number of nitrogens with one attached hydrogen (secondary N) is 1. The van der Waals surface area contributed by atoms with Gasteiger partial charge in [0, 0.05) is 35.8 Å². The van der Waals surface area contributed by atoms with Crippen molar-refractivity contribution in [3.8, 4) is 22.3 Å². The third-order valence-corrected chi connectivity index (χ3v) is 5.76. The lowest BCUT2D eigenvalue weighted by Crippen LogP contribution is -2.17. The molecule has 5 aromatic rings. The standard InChI is InChI=1S/C27H25N5O2/c1-34-14-13-31-18-22(16-29-31)20-7-9-23(10-8-20)30-27(33)15-26-25(21-5-3-2-4-6-21)12-11-24-17-28-19-32(24)26/h2-12,16-19H,13-15H2,1H3,(H,30,33). The van der Waals surface area contributed by atoms with Gasteiger partial charge >= 0.3 is 0 Å². The molecule has 0 bridgehead atoms. The quantitative estimate of drug-likeness (QED) is 0.371. The molecule has 3 heterocycles. The molecule has 0 fully saturated rings. The van der Waals surface area contributed by atoms with E-state index in [-0.39, 0.29) is 12.3 Å². The molecule has 0 radical (unpaired) electrons. The zero-order valence-corrected chi connectivity index (χ0v) is 18.9. The Labute approximate surface area is 197 Å². The molecule has 0 unspecified atom stereocenters. The zero-order valence-electron chi connectivity index (χ0n) is 18.9. The van der Waals surface area contributed by atoms with E-state index in [0.717, 1.165) is 39.2 Å². The van der Waals surface area contributed by atoms with E-state index < -0.39 is 0 Å². The number of nitrogens with zero attached hydrogens (tertiary/aromatic N) is 4. The van der Waals surface area contributed by atoms with Crippen molar-refractivity contribution in [2.24, 2.45) is 0 Å². The molecule has 0 aliphatic carbocycles. The minimum Gasteiger partial charge on any atom is -0.383 e. The number of carbonyl (C=O) groups is 1. The fourth-order valence-corrected chi connectivity index (χ4v) is 4.03. The highest BCUT2D eigenvalue weighted by molar-refractivity contribution is 5.93. The van der Waals surface area contributed by atoms with Crippen LogP contribution in [0.15, 0.2) is 91.6 Å². The Morgan fingerprint density at radius 2 is 1.76 bits per heavy atom. The third kappa shape index (κ3) is 4.60. The summed E-state index contributed by atoms with van der Waals surface area (Å²) in [4.78, 5) is 17.3. The highest BCUT2D eigenvalue weighted by Crippen LogP contribution is 2.26. The Hall–Kier alpha value is -4.23. The molecule has 0 atom stereocenters. The van der Waals surface area contributed by atoms with Crippen molar-refractivity contribution >= 4 is 17.1 Å². The number of amides is 1. The van der Waals surface area contributed by atoms with Crippen LogP contribution in [0.25, 0.3) is 27.8 Å². The van der Waals surface area contributed by atoms with Crippen molar-refractivity contribution in [2.75, 3.05) is 19.0 Å². The van der Waals surface area contributed by atoms with Crippen LogP contribution in [-0.4, -0.2) is 38.8 Å². The number of carbonyl (C=O) groups excluding carboxylic acids is 1. The van der Waals surface area contributed by atoms with Crippen molar-refractivity contribution in [2.45, 2.75) is 13.0 Å². The first kappa shape index (κ1) is 21.6. The number of aromatic nitrogens is 4. The number of imidazole rings is 1. The Morgan fingerprint density at radius 3 is 2.56 bits per heavy atom. The third-order valence-electron chi connectivity index (χ3n) is 5.76. The summed E-state index contributed by atoms with van der Waals surface area (Å²) in [6.07, 6.45) is 7.61. The van der Waals surface area contributed by atoms with E-state index in [1.54, 1.807) is 19.6 Å². The van der Waals surface area contributed by atoms with Crippen molar-refractivity contribution in [1.82, 2.24) is 19.2 Å². The summed E-state index contributed by atoms with van der Waals surface area (Å²) in [7, 11) is 1.68. The van der Waals surface area contributed by atoms with E-state index in [1.165, 1.54) is 0 Å². The molecule has 1 N–H and O–H groups in total. The Balaban J connectivity index is 1.33. The Bertz CT molecular complexity index is 1400. The van der Waals surface area contributed by atoms with Gasteiger partial charge in [0.15, 0.2) is 0 Å². The average Bonchev–Trinajstić information content (AvgIpc) is 3.54. The topological polar surface area (TPSA) is 73.5 Å². The lowest BCUT2D eigenvalue weighted by Gasteiger charge is -2.13. The molecular weight excluding hydrogens is 426 g/mol. The highest BCUT2D eigenvalue weighted by atomic mass is 16.5. The summed E-state index contributed by atoms with van der Waals surface area (Å²) in [6.45, 7) is 1.32. The molecule has 0 saturated carbocycles. The molecule has 34 heavy (non-hydrogen) atoms. The van der Waals surface area contributed by atoms with E-state index >= 15 is 0 Å². The molecular formula is C27H25N5O2. The van der Waals surface area contributed by atoms with Gasteiger partial charge in [0.2, 0.25) is 5.91 Å². The van der Waals surface area contributed by atoms with Gasteiger partial charge in [-0.1, -0.05) is 48.5 Å². The molecule has 7 nitrogen and oxygen atoms in total. The van der Waals surface area contributed by atoms with Gasteiger partial charge in [-0.3, -0.25) is 9.48 Å². The van der Waals surface area contributed by atoms with E-state index in [9.17, 15) is 4.79 Å². The maximum absolute atomic E-state index is 13.0. The van der Waals surface area contributed by atoms with Crippen LogP contribution in [0.3, 0.4) is 0 Å². The SMILES string of the molecule is COCCn1cc(-c2ccc(NC(=O)Cc3c(-c4ccccc4)ccc4cncn34)cc2)cn1. The van der Waals surface area contributed by atoms with E-state index in [2.05, 4.69) is 33.6 Å². The maximum Gasteiger partial charge on any atom is 0.230 e. The number of pyridine rings is 1. The number of ether oxygens (including phenoxy) is 1. The summed E-state index contributed by atoms with van der Waals surface area (Å²) in [5.74, 6) is -0.0847. The molecule has 5 rings (SSSR count). The van der Waals surface area contributed by atoms with Gasteiger partial charge in [0.25, 0.3) is 0 Å². The molecule has 170 valence electrons. The summed E-state index contributed by atoms with van der Waals surface area (Å²) in [5, 5.41) is 7.39. The molecule has 0 saturated heterocycles. The first-order valence-electron chi connectivity index (χ1n) is 11.1. The molecule has 0 spiro atoms. The van der Waals surface area contributed by atoms with Crippen LogP contribution in [-0.2, 0) is 22.5 Å². The molecule has 3 aromatic heterocycles. The maximum atomic E-state index is 13.0. The summed E-state index contributed by atoms with van der Waals surface area (Å²) in [6, 6.07) is 22.0. The van der Waals surface area contributed by atoms with Gasteiger partial charge in [0.1, 0.15) is 0 Å². The lowest BCUT2D eigenvalue weighted by atomic mass is 10.0. The molecule has 0 aliphatic rings. The van der Waals surface area contributed by atoms with E-state index in [1.807, 2.05) is 70.0 Å². The zero-order chi connectivity index (χ0) is 23.3. The predicted octanol–water partition coefficient (Wildman–Crippen LogP) is 4.69. The van der Waals surface area contributed by atoms with Gasteiger partial charge in [-0.15, -0.1) is 0 Å². The number of hydrogen-bond acceptors (Lipinski definition) is 4. The van der Waals surface area contributed by atoms with Crippen LogP contribution < -0.4 is 5.32 Å². The lowest BCUT2D eigenvalue weighted by molar-refractivity contribution is -0.115. The minimum absolute atomic E-state index is 0.0847. The number of anilines is 1. The van der Waals surface area contributed by atoms with Crippen molar-refractivity contribution in [3.05, 3.63) is 97.3 Å².